The van der Waals surface area contributed by atoms with Crippen LogP contribution in [0, 0.1) is 0 Å². The van der Waals surface area contributed by atoms with E-state index in [0.29, 0.717) is 23.6 Å². The van der Waals surface area contributed by atoms with Gasteiger partial charge in [0.05, 0.1) is 22.2 Å². The molecule has 0 aliphatic heterocycles. The number of hydrogen-bond acceptors (Lipinski definition) is 8. The van der Waals surface area contributed by atoms with Gasteiger partial charge in [0.1, 0.15) is 0 Å². The summed E-state index contributed by atoms with van der Waals surface area (Å²) in [5, 5.41) is 19.4. The zero-order valence-corrected chi connectivity index (χ0v) is 21.8. The standard InChI is InChI=1S/C32H24N6O2/c1-2-3-8-20-13-23(29-35-37-31(39-29)25-15-21-9-4-6-11-27(21)33-18-25)17-24(14-20)30-36-38-32(40-30)26-16-22-10-5-7-12-28(22)34-19-26/h4-7,9-19H,2-3,8H2,1H3. The molecule has 0 amide bonds. The lowest BCUT2D eigenvalue weighted by molar-refractivity contribution is 0.582. The smallest absolute Gasteiger partial charge is 0.249 e. The number of rotatable bonds is 7. The van der Waals surface area contributed by atoms with Gasteiger partial charge in [-0.25, -0.2) is 0 Å². The molecule has 7 rings (SSSR count). The molecule has 0 unspecified atom stereocenters. The van der Waals surface area contributed by atoms with E-state index in [1.165, 1.54) is 0 Å². The number of aromatic nitrogens is 6. The molecule has 0 fully saturated rings. The van der Waals surface area contributed by atoms with Gasteiger partial charge in [0, 0.05) is 34.3 Å². The summed E-state index contributed by atoms with van der Waals surface area (Å²) >= 11 is 0. The van der Waals surface area contributed by atoms with E-state index in [-0.39, 0.29) is 0 Å². The van der Waals surface area contributed by atoms with Crippen LogP contribution in [0.15, 0.2) is 100 Å². The Kier molecular flexibility index (Phi) is 6.05. The number of unbranched alkanes of at least 4 members (excludes halogenated alkanes) is 1. The molecule has 0 spiro atoms. The predicted molar refractivity (Wildman–Crippen MR) is 153 cm³/mol. The van der Waals surface area contributed by atoms with Gasteiger partial charge in [-0.3, -0.25) is 9.97 Å². The second kappa shape index (κ2) is 10.1. The Morgan fingerprint density at radius 2 is 1.02 bits per heavy atom. The molecule has 194 valence electrons. The van der Waals surface area contributed by atoms with Crippen molar-refractivity contribution in [2.75, 3.05) is 0 Å². The highest BCUT2D eigenvalue weighted by molar-refractivity contribution is 5.83. The van der Waals surface area contributed by atoms with Crippen molar-refractivity contribution in [1.29, 1.82) is 0 Å². The van der Waals surface area contributed by atoms with E-state index in [4.69, 9.17) is 8.83 Å². The number of fused-ring (bicyclic) bond motifs is 2. The molecule has 0 radical (unpaired) electrons. The van der Waals surface area contributed by atoms with Crippen LogP contribution in [0.5, 0.6) is 0 Å². The van der Waals surface area contributed by atoms with E-state index >= 15 is 0 Å². The summed E-state index contributed by atoms with van der Waals surface area (Å²) < 4.78 is 12.3. The number of nitrogens with zero attached hydrogens (tertiary/aromatic N) is 6. The lowest BCUT2D eigenvalue weighted by atomic mass is 10.0. The van der Waals surface area contributed by atoms with Crippen molar-refractivity contribution < 1.29 is 8.83 Å². The van der Waals surface area contributed by atoms with Gasteiger partial charge in [-0.15, -0.1) is 20.4 Å². The Bertz CT molecular complexity index is 1840. The molecule has 0 atom stereocenters. The predicted octanol–water partition coefficient (Wildman–Crippen LogP) is 7.56. The molecule has 0 saturated carbocycles. The molecule has 4 heterocycles. The van der Waals surface area contributed by atoms with E-state index in [9.17, 15) is 0 Å². The van der Waals surface area contributed by atoms with Crippen molar-refractivity contribution in [3.8, 4) is 45.8 Å². The van der Waals surface area contributed by atoms with Gasteiger partial charge in [-0.05, 0) is 60.9 Å². The first kappa shape index (κ1) is 23.8. The second-order valence-corrected chi connectivity index (χ2v) is 9.68. The van der Waals surface area contributed by atoms with Crippen molar-refractivity contribution >= 4 is 21.8 Å². The van der Waals surface area contributed by atoms with Crippen molar-refractivity contribution in [3.05, 3.63) is 96.8 Å². The zero-order valence-electron chi connectivity index (χ0n) is 21.8. The van der Waals surface area contributed by atoms with Crippen LogP contribution >= 0.6 is 0 Å². The molecular formula is C32H24N6O2. The SMILES string of the molecule is CCCCc1cc(-c2nnc(-c3cnc4ccccc4c3)o2)cc(-c2nnc(-c3cnc4ccccc4c3)o2)c1. The average molecular weight is 525 g/mol. The average Bonchev–Trinajstić information content (AvgIpc) is 3.71. The Hall–Kier alpha value is -5.24. The van der Waals surface area contributed by atoms with E-state index < -0.39 is 0 Å². The van der Waals surface area contributed by atoms with Crippen LogP contribution in [-0.2, 0) is 6.42 Å². The van der Waals surface area contributed by atoms with Gasteiger partial charge in [0.2, 0.25) is 23.6 Å². The van der Waals surface area contributed by atoms with Gasteiger partial charge < -0.3 is 8.83 Å². The summed E-state index contributed by atoms with van der Waals surface area (Å²) in [6.07, 6.45) is 6.55. The van der Waals surface area contributed by atoms with Gasteiger partial charge >= 0.3 is 0 Å². The monoisotopic (exact) mass is 524 g/mol. The van der Waals surface area contributed by atoms with Gasteiger partial charge in [0.25, 0.3) is 0 Å². The van der Waals surface area contributed by atoms with Crippen LogP contribution in [0.2, 0.25) is 0 Å². The van der Waals surface area contributed by atoms with Crippen LogP contribution in [0.25, 0.3) is 67.6 Å². The number of aryl methyl sites for hydroxylation is 1. The van der Waals surface area contributed by atoms with Gasteiger partial charge in [0.15, 0.2) is 0 Å². The number of pyridine rings is 2. The highest BCUT2D eigenvalue weighted by atomic mass is 16.4. The third-order valence-electron chi connectivity index (χ3n) is 6.83. The van der Waals surface area contributed by atoms with Crippen molar-refractivity contribution in [2.45, 2.75) is 26.2 Å². The van der Waals surface area contributed by atoms with Crippen LogP contribution in [0.4, 0.5) is 0 Å². The Balaban J connectivity index is 1.24. The number of hydrogen-bond donors (Lipinski definition) is 0. The first-order valence-corrected chi connectivity index (χ1v) is 13.3. The Labute approximate surface area is 229 Å². The summed E-state index contributed by atoms with van der Waals surface area (Å²) in [5.41, 5.74) is 6.09. The molecule has 0 aliphatic rings. The molecule has 40 heavy (non-hydrogen) atoms. The number of para-hydroxylation sites is 2. The topological polar surface area (TPSA) is 104 Å². The molecule has 0 saturated heterocycles. The maximum Gasteiger partial charge on any atom is 0.249 e. The van der Waals surface area contributed by atoms with Crippen molar-refractivity contribution in [1.82, 2.24) is 30.4 Å². The maximum absolute atomic E-state index is 6.13. The van der Waals surface area contributed by atoms with Gasteiger partial charge in [-0.1, -0.05) is 49.7 Å². The summed E-state index contributed by atoms with van der Waals surface area (Å²) in [6, 6.07) is 26.0. The summed E-state index contributed by atoms with van der Waals surface area (Å²) in [5.74, 6) is 1.66. The summed E-state index contributed by atoms with van der Waals surface area (Å²) in [6.45, 7) is 2.18. The van der Waals surface area contributed by atoms with Crippen LogP contribution in [-0.4, -0.2) is 30.4 Å². The molecule has 8 nitrogen and oxygen atoms in total. The fourth-order valence-electron chi connectivity index (χ4n) is 4.75. The molecule has 0 aliphatic carbocycles. The molecular weight excluding hydrogens is 500 g/mol. The minimum absolute atomic E-state index is 0.414. The molecule has 8 heteroatoms. The minimum atomic E-state index is 0.414. The fourth-order valence-corrected chi connectivity index (χ4v) is 4.75. The maximum atomic E-state index is 6.13. The van der Waals surface area contributed by atoms with E-state index in [2.05, 4.69) is 49.4 Å². The minimum Gasteiger partial charge on any atom is -0.416 e. The third kappa shape index (κ3) is 4.60. The van der Waals surface area contributed by atoms with Crippen LogP contribution in [0.3, 0.4) is 0 Å². The first-order valence-electron chi connectivity index (χ1n) is 13.3. The zero-order chi connectivity index (χ0) is 26.9. The normalized spacial score (nSPS) is 11.4. The lowest BCUT2D eigenvalue weighted by Gasteiger charge is -2.06. The highest BCUT2D eigenvalue weighted by Crippen LogP contribution is 2.32. The molecule has 3 aromatic carbocycles. The fraction of sp³-hybridized carbons (Fsp3) is 0.125. The lowest BCUT2D eigenvalue weighted by Crippen LogP contribution is -1.90. The van der Waals surface area contributed by atoms with Crippen LogP contribution < -0.4 is 0 Å². The summed E-state index contributed by atoms with van der Waals surface area (Å²) in [4.78, 5) is 9.05. The molecule has 0 N–H and O–H groups in total. The largest absolute Gasteiger partial charge is 0.416 e. The van der Waals surface area contributed by atoms with Crippen LogP contribution in [0.1, 0.15) is 25.3 Å². The van der Waals surface area contributed by atoms with E-state index in [1.54, 1.807) is 12.4 Å². The van der Waals surface area contributed by atoms with Crippen molar-refractivity contribution in [3.63, 3.8) is 0 Å². The number of benzene rings is 3. The molecule has 0 bridgehead atoms. The third-order valence-corrected chi connectivity index (χ3v) is 6.83. The van der Waals surface area contributed by atoms with Gasteiger partial charge in [-0.2, -0.15) is 0 Å². The van der Waals surface area contributed by atoms with Crippen molar-refractivity contribution in [2.24, 2.45) is 0 Å². The van der Waals surface area contributed by atoms with E-state index in [0.717, 1.165) is 68.9 Å². The Morgan fingerprint density at radius 1 is 0.550 bits per heavy atom. The molecule has 7 aromatic rings. The second-order valence-electron chi connectivity index (χ2n) is 9.68. The van der Waals surface area contributed by atoms with E-state index in [1.807, 2.05) is 66.7 Å². The summed E-state index contributed by atoms with van der Waals surface area (Å²) in [7, 11) is 0. The first-order chi connectivity index (χ1) is 19.7. The quantitative estimate of drug-likeness (QED) is 0.210. The molecule has 4 aromatic heterocycles. The Morgan fingerprint density at radius 3 is 1.52 bits per heavy atom. The highest BCUT2D eigenvalue weighted by Gasteiger charge is 2.17.